The summed E-state index contributed by atoms with van der Waals surface area (Å²) < 4.78 is 28.2. The lowest BCUT2D eigenvalue weighted by atomic mass is 10.2. The zero-order valence-corrected chi connectivity index (χ0v) is 15.5. The van der Waals surface area contributed by atoms with Crippen LogP contribution in [0.1, 0.15) is 16.2 Å². The number of hydrogen-bond acceptors (Lipinski definition) is 4. The Balaban J connectivity index is 1.61. The number of nitrogens with zero attached hydrogens (tertiary/aromatic N) is 4. The lowest BCUT2D eigenvalue weighted by molar-refractivity contribution is 0.0945. The van der Waals surface area contributed by atoms with Gasteiger partial charge in [0, 0.05) is 17.2 Å². The van der Waals surface area contributed by atoms with Gasteiger partial charge in [-0.25, -0.2) is 23.9 Å². The Kier molecular flexibility index (Phi) is 5.38. The van der Waals surface area contributed by atoms with Crippen LogP contribution >= 0.6 is 0 Å². The summed E-state index contributed by atoms with van der Waals surface area (Å²) in [5, 5.41) is 8.02. The molecule has 4 rings (SSSR count). The smallest absolute Gasteiger partial charge is 0.264 e. The summed E-state index contributed by atoms with van der Waals surface area (Å²) in [6, 6.07) is 21.7. The van der Waals surface area contributed by atoms with E-state index in [4.69, 9.17) is 0 Å². The van der Waals surface area contributed by atoms with Crippen molar-refractivity contribution in [3.63, 3.8) is 0 Å². The van der Waals surface area contributed by atoms with Crippen molar-refractivity contribution in [1.29, 1.82) is 0 Å². The van der Waals surface area contributed by atoms with E-state index in [-0.39, 0.29) is 11.4 Å². The van der Waals surface area contributed by atoms with E-state index in [1.807, 2.05) is 60.7 Å². The Labute approximate surface area is 170 Å². The zero-order chi connectivity index (χ0) is 20.9. The number of benzene rings is 3. The number of para-hydroxylation sites is 1. The van der Waals surface area contributed by atoms with Gasteiger partial charge in [0.1, 0.15) is 11.6 Å². The highest BCUT2D eigenvalue weighted by Gasteiger charge is 2.18. The predicted octanol–water partition coefficient (Wildman–Crippen LogP) is 3.98. The highest BCUT2D eigenvalue weighted by molar-refractivity contribution is 5.92. The standard InChI is InChI=1S/C22H15F2N5O/c23-17-12-11-16(19(24)13-17)14-25-27-22(30)20-26-21(15-7-3-1-4-8-15)29(28-20)18-9-5-2-6-10-18/h1-14H,(H,27,30)/b25-14+. The van der Waals surface area contributed by atoms with E-state index in [2.05, 4.69) is 20.6 Å². The quantitative estimate of drug-likeness (QED) is 0.405. The van der Waals surface area contributed by atoms with Crippen molar-refractivity contribution >= 4 is 12.1 Å². The van der Waals surface area contributed by atoms with E-state index in [1.165, 1.54) is 6.07 Å². The number of amides is 1. The first-order valence-corrected chi connectivity index (χ1v) is 8.98. The molecule has 0 saturated carbocycles. The van der Waals surface area contributed by atoms with Crippen LogP contribution in [0.15, 0.2) is 84.0 Å². The van der Waals surface area contributed by atoms with E-state index in [0.29, 0.717) is 5.82 Å². The third-order valence-electron chi connectivity index (χ3n) is 4.18. The molecule has 0 aliphatic rings. The van der Waals surface area contributed by atoms with Crippen LogP contribution in [0.2, 0.25) is 0 Å². The van der Waals surface area contributed by atoms with Crippen molar-refractivity contribution in [3.8, 4) is 17.1 Å². The Hall–Kier alpha value is -4.20. The molecule has 3 aromatic carbocycles. The van der Waals surface area contributed by atoms with Crippen LogP contribution in [0.4, 0.5) is 8.78 Å². The normalized spacial score (nSPS) is 11.0. The Morgan fingerprint density at radius 1 is 0.967 bits per heavy atom. The van der Waals surface area contributed by atoms with Gasteiger partial charge >= 0.3 is 5.91 Å². The molecule has 6 nitrogen and oxygen atoms in total. The van der Waals surface area contributed by atoms with Crippen LogP contribution in [0.3, 0.4) is 0 Å². The molecular formula is C22H15F2N5O. The topological polar surface area (TPSA) is 72.2 Å². The summed E-state index contributed by atoms with van der Waals surface area (Å²) in [6.45, 7) is 0. The first-order valence-electron chi connectivity index (χ1n) is 8.98. The molecule has 1 N–H and O–H groups in total. The van der Waals surface area contributed by atoms with Crippen molar-refractivity contribution < 1.29 is 13.6 Å². The Morgan fingerprint density at radius 3 is 2.37 bits per heavy atom. The average molecular weight is 403 g/mol. The highest BCUT2D eigenvalue weighted by Crippen LogP contribution is 2.21. The van der Waals surface area contributed by atoms with Crippen LogP contribution in [0.5, 0.6) is 0 Å². The molecule has 0 aliphatic heterocycles. The third kappa shape index (κ3) is 4.12. The molecule has 0 unspecified atom stereocenters. The second-order valence-corrected chi connectivity index (χ2v) is 6.24. The Morgan fingerprint density at radius 2 is 1.67 bits per heavy atom. The molecule has 1 aromatic heterocycles. The monoisotopic (exact) mass is 403 g/mol. The van der Waals surface area contributed by atoms with Gasteiger partial charge in [-0.05, 0) is 24.3 Å². The van der Waals surface area contributed by atoms with Gasteiger partial charge in [0.25, 0.3) is 0 Å². The minimum absolute atomic E-state index is 0.0319. The van der Waals surface area contributed by atoms with E-state index in [1.54, 1.807) is 4.68 Å². The maximum absolute atomic E-state index is 13.7. The lowest BCUT2D eigenvalue weighted by Gasteiger charge is -2.05. The number of rotatable bonds is 5. The third-order valence-corrected chi connectivity index (χ3v) is 4.18. The minimum Gasteiger partial charge on any atom is -0.264 e. The van der Waals surface area contributed by atoms with Gasteiger partial charge in [-0.3, -0.25) is 4.79 Å². The van der Waals surface area contributed by atoms with Crippen molar-refractivity contribution in [3.05, 3.63) is 102 Å². The summed E-state index contributed by atoms with van der Waals surface area (Å²) in [4.78, 5) is 16.8. The minimum atomic E-state index is -0.786. The molecule has 1 amide bonds. The van der Waals surface area contributed by atoms with Gasteiger partial charge < -0.3 is 0 Å². The highest BCUT2D eigenvalue weighted by atomic mass is 19.1. The molecule has 1 heterocycles. The maximum atomic E-state index is 13.7. The number of nitrogens with one attached hydrogen (secondary N) is 1. The fourth-order valence-electron chi connectivity index (χ4n) is 2.75. The molecule has 148 valence electrons. The van der Waals surface area contributed by atoms with Crippen molar-refractivity contribution in [2.75, 3.05) is 0 Å². The van der Waals surface area contributed by atoms with Crippen LogP contribution in [0, 0.1) is 11.6 Å². The molecule has 30 heavy (non-hydrogen) atoms. The number of halogens is 2. The average Bonchev–Trinajstić information content (AvgIpc) is 3.22. The van der Waals surface area contributed by atoms with E-state index in [9.17, 15) is 13.6 Å². The van der Waals surface area contributed by atoms with E-state index < -0.39 is 17.5 Å². The van der Waals surface area contributed by atoms with Gasteiger partial charge in [-0.2, -0.15) is 5.10 Å². The summed E-state index contributed by atoms with van der Waals surface area (Å²) in [7, 11) is 0. The van der Waals surface area contributed by atoms with Crippen molar-refractivity contribution in [2.24, 2.45) is 5.10 Å². The number of hydrogen-bond donors (Lipinski definition) is 1. The fourth-order valence-corrected chi connectivity index (χ4v) is 2.75. The maximum Gasteiger partial charge on any atom is 0.311 e. The van der Waals surface area contributed by atoms with Crippen LogP contribution in [-0.4, -0.2) is 26.9 Å². The molecule has 0 bridgehead atoms. The summed E-state index contributed by atoms with van der Waals surface area (Å²) in [5.41, 5.74) is 3.81. The fraction of sp³-hybridized carbons (Fsp3) is 0. The summed E-state index contributed by atoms with van der Waals surface area (Å²) in [6.07, 6.45) is 1.08. The molecule has 4 aromatic rings. The molecule has 0 spiro atoms. The first kappa shape index (κ1) is 19.1. The molecule has 0 fully saturated rings. The molecular weight excluding hydrogens is 388 g/mol. The first-order chi connectivity index (χ1) is 14.6. The van der Waals surface area contributed by atoms with Crippen LogP contribution in [-0.2, 0) is 0 Å². The molecule has 0 atom stereocenters. The number of carbonyl (C=O) groups excluding carboxylic acids is 1. The Bertz CT molecular complexity index is 1150. The summed E-state index contributed by atoms with van der Waals surface area (Å²) >= 11 is 0. The number of aromatic nitrogens is 3. The summed E-state index contributed by atoms with van der Waals surface area (Å²) in [5.74, 6) is -1.76. The number of hydrazone groups is 1. The molecule has 8 heteroatoms. The largest absolute Gasteiger partial charge is 0.311 e. The zero-order valence-electron chi connectivity index (χ0n) is 15.5. The van der Waals surface area contributed by atoms with Gasteiger partial charge in [-0.1, -0.05) is 48.5 Å². The van der Waals surface area contributed by atoms with E-state index >= 15 is 0 Å². The lowest BCUT2D eigenvalue weighted by Crippen LogP contribution is -2.19. The van der Waals surface area contributed by atoms with Gasteiger partial charge in [-0.15, -0.1) is 5.10 Å². The SMILES string of the molecule is O=C(N/N=C/c1ccc(F)cc1F)c1nc(-c2ccccc2)n(-c2ccccc2)n1. The molecule has 0 radical (unpaired) electrons. The predicted molar refractivity (Wildman–Crippen MR) is 108 cm³/mol. The van der Waals surface area contributed by atoms with Crippen molar-refractivity contribution in [1.82, 2.24) is 20.2 Å². The van der Waals surface area contributed by atoms with Gasteiger partial charge in [0.05, 0.1) is 11.9 Å². The van der Waals surface area contributed by atoms with E-state index in [0.717, 1.165) is 29.6 Å². The molecule has 0 saturated heterocycles. The van der Waals surface area contributed by atoms with Gasteiger partial charge in [0.15, 0.2) is 5.82 Å². The van der Waals surface area contributed by atoms with Gasteiger partial charge in [0.2, 0.25) is 5.82 Å². The second-order valence-electron chi connectivity index (χ2n) is 6.24. The van der Waals surface area contributed by atoms with Crippen LogP contribution in [0.25, 0.3) is 17.1 Å². The van der Waals surface area contributed by atoms with Crippen LogP contribution < -0.4 is 5.43 Å². The van der Waals surface area contributed by atoms with Crippen molar-refractivity contribution in [2.45, 2.75) is 0 Å². The second kappa shape index (κ2) is 8.44. The number of carbonyl (C=O) groups is 1. The molecule has 0 aliphatic carbocycles.